The van der Waals surface area contributed by atoms with Gasteiger partial charge in [-0.25, -0.2) is 14.0 Å². The first-order valence-electron chi connectivity index (χ1n) is 23.0. The fourth-order valence-electron chi connectivity index (χ4n) is 8.89. The van der Waals surface area contributed by atoms with Crippen LogP contribution in [0.25, 0.3) is 0 Å². The van der Waals surface area contributed by atoms with E-state index in [4.69, 9.17) is 56.1 Å². The minimum absolute atomic E-state index is 0.00399. The van der Waals surface area contributed by atoms with Gasteiger partial charge in [0.25, 0.3) is 0 Å². The number of ether oxygens (including phenoxy) is 5. The van der Waals surface area contributed by atoms with Crippen LogP contribution in [0.5, 0.6) is 17.2 Å². The largest absolute Gasteiger partial charge is 0.496 e. The number of carbonyl (C=O) groups is 3. The summed E-state index contributed by atoms with van der Waals surface area (Å²) in [5, 5.41) is 34.8. The van der Waals surface area contributed by atoms with Crippen molar-refractivity contribution in [2.75, 3.05) is 59.8 Å². The molecule has 3 amide bonds. The lowest BCUT2D eigenvalue weighted by atomic mass is 9.70. The molecule has 1 saturated carbocycles. The molecule has 0 aromatic heterocycles. The zero-order valence-corrected chi connectivity index (χ0v) is 39.4. The lowest BCUT2D eigenvalue weighted by Gasteiger charge is -2.54. The Labute approximate surface area is 400 Å². The van der Waals surface area contributed by atoms with Crippen molar-refractivity contribution in [1.29, 1.82) is 0 Å². The van der Waals surface area contributed by atoms with Crippen molar-refractivity contribution < 1.29 is 73.0 Å². The van der Waals surface area contributed by atoms with Gasteiger partial charge in [-0.15, -0.1) is 0 Å². The van der Waals surface area contributed by atoms with Gasteiger partial charge in [0, 0.05) is 25.7 Å². The molecule has 3 aliphatic rings. The van der Waals surface area contributed by atoms with Gasteiger partial charge in [0.05, 0.1) is 80.6 Å². The van der Waals surface area contributed by atoms with E-state index in [9.17, 15) is 14.0 Å². The highest BCUT2D eigenvalue weighted by Crippen LogP contribution is 2.46. The van der Waals surface area contributed by atoms with Crippen molar-refractivity contribution in [1.82, 2.24) is 25.5 Å². The molecule has 0 spiro atoms. The van der Waals surface area contributed by atoms with Crippen LogP contribution in [0.1, 0.15) is 86.0 Å². The maximum Gasteiger partial charge on any atom is 0.410 e. The number of unbranched alkanes of at least 4 members (excludes halogenated alkanes) is 3. The molecule has 4 atom stereocenters. The first-order valence-corrected chi connectivity index (χ1v) is 23.3. The molecule has 4 N–H and O–H groups in total. The fraction of sp³-hybridized carbons (Fsp3) is 0.553. The number of amides is 3. The Morgan fingerprint density at radius 2 is 1.38 bits per heavy atom. The number of rotatable bonds is 25. The van der Waals surface area contributed by atoms with Crippen molar-refractivity contribution in [3.05, 3.63) is 87.7 Å². The number of carbonyl (C=O) groups excluding carboxylic acids is 3. The molecule has 3 fully saturated rings. The maximum absolute atomic E-state index is 15.5. The van der Waals surface area contributed by atoms with E-state index >= 15 is 4.79 Å². The third-order valence-corrected chi connectivity index (χ3v) is 12.5. The molecular weight excluding hydrogens is 913 g/mol. The van der Waals surface area contributed by atoms with E-state index < -0.39 is 36.0 Å². The van der Waals surface area contributed by atoms with E-state index in [0.717, 1.165) is 35.3 Å². The quantitative estimate of drug-likeness (QED) is 0.0470. The molecule has 2 heterocycles. The molecule has 1 aliphatic carbocycles. The Morgan fingerprint density at radius 1 is 0.765 bits per heavy atom. The van der Waals surface area contributed by atoms with E-state index in [0.29, 0.717) is 69.4 Å². The number of benzene rings is 3. The Hall–Kier alpha value is -5.03. The number of piperidine rings is 1. The van der Waals surface area contributed by atoms with Gasteiger partial charge in [0.15, 0.2) is 11.6 Å². The van der Waals surface area contributed by atoms with Crippen LogP contribution < -0.4 is 14.2 Å². The highest BCUT2D eigenvalue weighted by Gasteiger charge is 2.55. The molecule has 6 rings (SSSR count). The van der Waals surface area contributed by atoms with Gasteiger partial charge in [-0.1, -0.05) is 35.9 Å². The second-order valence-electron chi connectivity index (χ2n) is 17.2. The smallest absolute Gasteiger partial charge is 0.410 e. The number of methoxy groups -OCH3 is 1. The monoisotopic (exact) mass is 975 g/mol. The van der Waals surface area contributed by atoms with Crippen LogP contribution in [0.15, 0.2) is 54.6 Å². The third-order valence-electron chi connectivity index (χ3n) is 12.2. The zero-order chi connectivity index (χ0) is 48.7. The van der Waals surface area contributed by atoms with Crippen LogP contribution in [0.4, 0.5) is 14.0 Å². The molecular formula is C47H63ClFN5O14. The predicted molar refractivity (Wildman–Crippen MR) is 240 cm³/mol. The normalized spacial score (nSPS) is 19.0. The number of aryl methyl sites for hydroxylation is 2. The average Bonchev–Trinajstić information content (AvgIpc) is 4.14. The average molecular weight is 976 g/mol. The Kier molecular flexibility index (Phi) is 19.7. The number of piperazine rings is 1. The lowest BCUT2D eigenvalue weighted by molar-refractivity contribution is -0.492. The number of fused-ring (bicyclic) bond motifs is 2. The SMILES string of the molecule is COc1ccc(CN(C(=O)C2C(c3ccc(OCCCCOc4c(F)cc(C)cc4Cl)cc3)CC3CN(C(=O)OCCCCON(O)O)CC2N3C(=O)OCCCCON(O)O)C2CC2)cc1C. The van der Waals surface area contributed by atoms with Crippen molar-refractivity contribution in [2.24, 2.45) is 5.92 Å². The fourth-order valence-corrected chi connectivity index (χ4v) is 9.20. The van der Waals surface area contributed by atoms with Crippen molar-refractivity contribution in [3.8, 4) is 17.2 Å². The molecule has 0 radical (unpaired) electrons. The van der Waals surface area contributed by atoms with Crippen molar-refractivity contribution in [2.45, 2.75) is 102 Å². The summed E-state index contributed by atoms with van der Waals surface area (Å²) >= 11 is 6.18. The molecule has 2 aliphatic heterocycles. The summed E-state index contributed by atoms with van der Waals surface area (Å²) in [6, 6.07) is 15.0. The summed E-state index contributed by atoms with van der Waals surface area (Å²) in [5.74, 6) is -0.497. The first kappa shape index (κ1) is 52.3. The topological polar surface area (TPSA) is 213 Å². The molecule has 3 aromatic carbocycles. The van der Waals surface area contributed by atoms with Crippen LogP contribution in [0.3, 0.4) is 0 Å². The van der Waals surface area contributed by atoms with Crippen LogP contribution in [-0.4, -0.2) is 142 Å². The Bertz CT molecular complexity index is 2090. The molecule has 19 nitrogen and oxygen atoms in total. The highest BCUT2D eigenvalue weighted by molar-refractivity contribution is 6.32. The summed E-state index contributed by atoms with van der Waals surface area (Å²) in [5.41, 5.74) is 3.41. The summed E-state index contributed by atoms with van der Waals surface area (Å²) in [4.78, 5) is 57.7. The minimum Gasteiger partial charge on any atom is -0.496 e. The standard InChI is InChI=1S/C47H63ClFN5O14/c1-31-24-39(48)44(40(49)25-31)64-19-5-4-18-63-37-15-11-34(12-16-37)38-27-36-29-50(46(56)65-20-6-8-22-67-53(58)59)30-41(52(36)47(57)66-21-7-9-23-68-54(60)61)43(38)45(55)51(35-13-14-35)28-33-10-17-42(62-3)32(2)26-33/h10-12,15-17,24-26,35-36,38,41,43,58-61H,4-9,13-14,18-23,27-30H2,1-3H3. The van der Waals surface area contributed by atoms with Crippen LogP contribution in [-0.2, 0) is 30.5 Å². The second-order valence-corrected chi connectivity index (χ2v) is 17.7. The zero-order valence-electron chi connectivity index (χ0n) is 38.7. The van der Waals surface area contributed by atoms with E-state index in [1.165, 1.54) is 11.0 Å². The first-order chi connectivity index (χ1) is 32.7. The van der Waals surface area contributed by atoms with Crippen LogP contribution in [0.2, 0.25) is 5.02 Å². The Balaban J connectivity index is 1.22. The summed E-state index contributed by atoms with van der Waals surface area (Å²) in [6.45, 7) is 4.72. The highest BCUT2D eigenvalue weighted by atomic mass is 35.5. The summed E-state index contributed by atoms with van der Waals surface area (Å²) in [6.07, 6.45) is 3.37. The second kappa shape index (κ2) is 25.5. The van der Waals surface area contributed by atoms with Gasteiger partial charge in [-0.2, -0.15) is 0 Å². The predicted octanol–water partition coefficient (Wildman–Crippen LogP) is 7.85. The molecule has 3 aromatic rings. The van der Waals surface area contributed by atoms with Crippen molar-refractivity contribution in [3.63, 3.8) is 0 Å². The molecule has 2 saturated heterocycles. The molecule has 4 unspecified atom stereocenters. The van der Waals surface area contributed by atoms with Gasteiger partial charge in [-0.05, 0) is 130 Å². The van der Waals surface area contributed by atoms with Crippen LogP contribution >= 0.6 is 11.6 Å². The number of nitrogens with zero attached hydrogens (tertiary/aromatic N) is 5. The third kappa shape index (κ3) is 14.7. The summed E-state index contributed by atoms with van der Waals surface area (Å²) < 4.78 is 43.0. The molecule has 21 heteroatoms. The number of likely N-dealkylation sites (tertiary alicyclic amines) is 1. The van der Waals surface area contributed by atoms with Gasteiger partial charge in [0.2, 0.25) is 5.91 Å². The van der Waals surface area contributed by atoms with E-state index in [1.807, 2.05) is 54.3 Å². The minimum atomic E-state index is -0.825. The van der Waals surface area contributed by atoms with Gasteiger partial charge >= 0.3 is 12.2 Å². The lowest BCUT2D eigenvalue weighted by Crippen LogP contribution is -2.69. The molecule has 68 heavy (non-hydrogen) atoms. The molecule has 2 bridgehead atoms. The van der Waals surface area contributed by atoms with E-state index in [1.54, 1.807) is 25.0 Å². The summed E-state index contributed by atoms with van der Waals surface area (Å²) in [7, 11) is 1.61. The maximum atomic E-state index is 15.5. The van der Waals surface area contributed by atoms with Gasteiger partial charge < -0.3 is 33.5 Å². The number of halogens is 2. The van der Waals surface area contributed by atoms with Gasteiger partial charge in [-0.3, -0.25) is 40.2 Å². The van der Waals surface area contributed by atoms with E-state index in [-0.39, 0.29) is 85.5 Å². The van der Waals surface area contributed by atoms with Crippen molar-refractivity contribution >= 4 is 29.7 Å². The van der Waals surface area contributed by atoms with E-state index in [2.05, 4.69) is 9.68 Å². The molecule has 374 valence electrons. The van der Waals surface area contributed by atoms with Gasteiger partial charge in [0.1, 0.15) is 11.5 Å². The Morgan fingerprint density at radius 3 is 1.99 bits per heavy atom. The number of hydrogen-bond donors (Lipinski definition) is 4. The number of hydrogen-bond acceptors (Lipinski definition) is 16. The van der Waals surface area contributed by atoms with Crippen LogP contribution in [0, 0.1) is 25.6 Å².